The van der Waals surface area contributed by atoms with E-state index in [0.29, 0.717) is 17.7 Å². The van der Waals surface area contributed by atoms with Crippen molar-refractivity contribution in [2.24, 2.45) is 0 Å². The third-order valence-electron chi connectivity index (χ3n) is 2.92. The van der Waals surface area contributed by atoms with E-state index in [0.717, 1.165) is 5.82 Å². The number of hydrogen-bond acceptors (Lipinski definition) is 3. The van der Waals surface area contributed by atoms with E-state index in [1.807, 2.05) is 6.92 Å². The normalized spacial score (nSPS) is 10.6. The summed E-state index contributed by atoms with van der Waals surface area (Å²) in [5, 5.41) is 0.0680. The van der Waals surface area contributed by atoms with Gasteiger partial charge in [0.15, 0.2) is 0 Å². The Bertz CT molecular complexity index is 640. The molecule has 0 bridgehead atoms. The number of nitrogens with zero attached hydrogens (tertiary/aromatic N) is 2. The van der Waals surface area contributed by atoms with Gasteiger partial charge in [-0.05, 0) is 12.1 Å². The molecule has 0 amide bonds. The molecule has 20 heavy (non-hydrogen) atoms. The van der Waals surface area contributed by atoms with Crippen LogP contribution in [0.15, 0.2) is 24.4 Å². The minimum atomic E-state index is -0.496. The number of imidazole rings is 1. The Morgan fingerprint density at radius 2 is 2.25 bits per heavy atom. The zero-order chi connectivity index (χ0) is 14.7. The fourth-order valence-electron chi connectivity index (χ4n) is 1.87. The molecule has 6 heteroatoms. The molecule has 0 N–H and O–H groups in total. The van der Waals surface area contributed by atoms with Crippen LogP contribution in [-0.2, 0) is 22.5 Å². The van der Waals surface area contributed by atoms with Crippen LogP contribution < -0.4 is 0 Å². The van der Waals surface area contributed by atoms with Gasteiger partial charge in [0.1, 0.15) is 18.2 Å². The Morgan fingerprint density at radius 3 is 2.85 bits per heavy atom. The Morgan fingerprint density at radius 1 is 1.50 bits per heavy atom. The summed E-state index contributed by atoms with van der Waals surface area (Å²) in [6, 6.07) is 4.50. The van der Waals surface area contributed by atoms with E-state index < -0.39 is 5.82 Å². The van der Waals surface area contributed by atoms with Crippen LogP contribution in [0, 0.1) is 5.82 Å². The Labute approximate surface area is 121 Å². The molecule has 0 saturated carbocycles. The van der Waals surface area contributed by atoms with Crippen LogP contribution in [0.1, 0.15) is 12.7 Å². The second kappa shape index (κ2) is 6.05. The lowest BCUT2D eigenvalue weighted by Gasteiger charge is -2.03. The molecule has 4 nitrogen and oxygen atoms in total. The van der Waals surface area contributed by atoms with Crippen molar-refractivity contribution < 1.29 is 13.9 Å². The average Bonchev–Trinajstić information content (AvgIpc) is 2.84. The molecule has 0 aliphatic heterocycles. The van der Waals surface area contributed by atoms with Gasteiger partial charge in [0.05, 0.1) is 17.8 Å². The highest BCUT2D eigenvalue weighted by Crippen LogP contribution is 2.24. The number of halogens is 2. The molecule has 1 aromatic heterocycles. The highest BCUT2D eigenvalue weighted by atomic mass is 35.5. The third-order valence-corrected chi connectivity index (χ3v) is 3.22. The van der Waals surface area contributed by atoms with Crippen molar-refractivity contribution in [2.45, 2.75) is 19.9 Å². The molecule has 0 aliphatic carbocycles. The first-order valence-electron chi connectivity index (χ1n) is 6.13. The lowest BCUT2D eigenvalue weighted by Crippen LogP contribution is -2.12. The maximum Gasteiger partial charge on any atom is 0.325 e. The van der Waals surface area contributed by atoms with Crippen LogP contribution in [0.5, 0.6) is 0 Å². The highest BCUT2D eigenvalue weighted by Gasteiger charge is 2.12. The topological polar surface area (TPSA) is 44.1 Å². The van der Waals surface area contributed by atoms with Gasteiger partial charge in [0.2, 0.25) is 0 Å². The quantitative estimate of drug-likeness (QED) is 0.815. The summed E-state index contributed by atoms with van der Waals surface area (Å²) in [7, 11) is 1.33. The standard InChI is InChI=1S/C14H14ClFN2O2/c1-3-13-17-12(7-18(13)8-14(19)20-2)9-4-5-10(15)11(16)6-9/h4-7H,3,8H2,1-2H3. The smallest absolute Gasteiger partial charge is 0.325 e. The number of methoxy groups -OCH3 is 1. The van der Waals surface area contributed by atoms with Crippen molar-refractivity contribution in [3.63, 3.8) is 0 Å². The van der Waals surface area contributed by atoms with E-state index >= 15 is 0 Å². The molecular weight excluding hydrogens is 283 g/mol. The summed E-state index contributed by atoms with van der Waals surface area (Å²) in [5.74, 6) is -0.114. The zero-order valence-corrected chi connectivity index (χ0v) is 11.9. The van der Waals surface area contributed by atoms with Gasteiger partial charge >= 0.3 is 5.97 Å². The predicted octanol–water partition coefficient (Wildman–Crippen LogP) is 3.08. The zero-order valence-electron chi connectivity index (χ0n) is 11.2. The Kier molecular flexibility index (Phi) is 4.39. The number of carbonyl (C=O) groups excluding carboxylic acids is 1. The Balaban J connectivity index is 2.37. The monoisotopic (exact) mass is 296 g/mol. The molecule has 0 saturated heterocycles. The van der Waals surface area contributed by atoms with Crippen LogP contribution in [0.3, 0.4) is 0 Å². The number of esters is 1. The summed E-state index contributed by atoms with van der Waals surface area (Å²) < 4.78 is 19.8. The van der Waals surface area contributed by atoms with Gasteiger partial charge in [-0.25, -0.2) is 9.37 Å². The maximum atomic E-state index is 13.5. The number of aromatic nitrogens is 2. The molecule has 0 radical (unpaired) electrons. The lowest BCUT2D eigenvalue weighted by molar-refractivity contribution is -0.141. The molecule has 106 valence electrons. The first kappa shape index (κ1) is 14.5. The van der Waals surface area contributed by atoms with E-state index in [2.05, 4.69) is 9.72 Å². The highest BCUT2D eigenvalue weighted by molar-refractivity contribution is 6.30. The van der Waals surface area contributed by atoms with E-state index in [-0.39, 0.29) is 17.5 Å². The van der Waals surface area contributed by atoms with Crippen molar-refractivity contribution >= 4 is 17.6 Å². The fourth-order valence-corrected chi connectivity index (χ4v) is 1.99. The molecular formula is C14H14ClFN2O2. The van der Waals surface area contributed by atoms with Crippen LogP contribution in [0.2, 0.25) is 5.02 Å². The SMILES string of the molecule is CCc1nc(-c2ccc(Cl)c(F)c2)cn1CC(=O)OC. The summed E-state index contributed by atoms with van der Waals surface area (Å²) in [6.07, 6.45) is 2.37. The van der Waals surface area contributed by atoms with Gasteiger partial charge in [-0.15, -0.1) is 0 Å². The lowest BCUT2D eigenvalue weighted by atomic mass is 10.2. The molecule has 0 aliphatic rings. The first-order valence-corrected chi connectivity index (χ1v) is 6.51. The van der Waals surface area contributed by atoms with Crippen LogP contribution in [0.25, 0.3) is 11.3 Å². The van der Waals surface area contributed by atoms with E-state index in [4.69, 9.17) is 11.6 Å². The number of rotatable bonds is 4. The van der Waals surface area contributed by atoms with Crippen LogP contribution in [-0.4, -0.2) is 22.6 Å². The second-order valence-corrected chi connectivity index (χ2v) is 4.64. The number of ether oxygens (including phenoxy) is 1. The van der Waals surface area contributed by atoms with E-state index in [9.17, 15) is 9.18 Å². The summed E-state index contributed by atoms with van der Waals surface area (Å²) in [6.45, 7) is 2.02. The Hall–Kier alpha value is -1.88. The van der Waals surface area contributed by atoms with Crippen molar-refractivity contribution in [1.29, 1.82) is 0 Å². The van der Waals surface area contributed by atoms with Gasteiger partial charge in [0, 0.05) is 18.2 Å². The third kappa shape index (κ3) is 2.99. The fraction of sp³-hybridized carbons (Fsp3) is 0.286. The number of benzene rings is 1. The van der Waals surface area contributed by atoms with Gasteiger partial charge in [-0.2, -0.15) is 0 Å². The largest absolute Gasteiger partial charge is 0.468 e. The minimum Gasteiger partial charge on any atom is -0.468 e. The van der Waals surface area contributed by atoms with Gasteiger partial charge in [0.25, 0.3) is 0 Å². The molecule has 0 unspecified atom stereocenters. The summed E-state index contributed by atoms with van der Waals surface area (Å²) >= 11 is 5.66. The molecule has 0 spiro atoms. The molecule has 0 atom stereocenters. The predicted molar refractivity (Wildman–Crippen MR) is 74.0 cm³/mol. The molecule has 0 fully saturated rings. The van der Waals surface area contributed by atoms with E-state index in [1.165, 1.54) is 19.2 Å². The van der Waals surface area contributed by atoms with Crippen molar-refractivity contribution in [1.82, 2.24) is 9.55 Å². The van der Waals surface area contributed by atoms with Gasteiger partial charge in [-0.1, -0.05) is 24.6 Å². The summed E-state index contributed by atoms with van der Waals surface area (Å²) in [4.78, 5) is 15.7. The van der Waals surface area contributed by atoms with Gasteiger partial charge in [-0.3, -0.25) is 4.79 Å². The molecule has 2 rings (SSSR count). The van der Waals surface area contributed by atoms with Crippen LogP contribution in [0.4, 0.5) is 4.39 Å². The summed E-state index contributed by atoms with van der Waals surface area (Å²) in [5.41, 5.74) is 1.21. The molecule has 1 aromatic carbocycles. The number of hydrogen-bond donors (Lipinski definition) is 0. The van der Waals surface area contributed by atoms with Crippen molar-refractivity contribution in [2.75, 3.05) is 7.11 Å². The number of carbonyl (C=O) groups is 1. The van der Waals surface area contributed by atoms with Crippen molar-refractivity contribution in [3.05, 3.63) is 41.1 Å². The van der Waals surface area contributed by atoms with Crippen molar-refractivity contribution in [3.8, 4) is 11.3 Å². The van der Waals surface area contributed by atoms with E-state index in [1.54, 1.807) is 16.8 Å². The average molecular weight is 297 g/mol. The molecule has 1 heterocycles. The minimum absolute atomic E-state index is 0.0680. The van der Waals surface area contributed by atoms with Crippen LogP contribution >= 0.6 is 11.6 Å². The maximum absolute atomic E-state index is 13.5. The number of aryl methyl sites for hydroxylation is 1. The first-order chi connectivity index (χ1) is 9.55. The second-order valence-electron chi connectivity index (χ2n) is 4.23. The van der Waals surface area contributed by atoms with Gasteiger partial charge < -0.3 is 9.30 Å². The molecule has 2 aromatic rings.